The van der Waals surface area contributed by atoms with Crippen LogP contribution in [0.25, 0.3) is 0 Å². The van der Waals surface area contributed by atoms with Gasteiger partial charge in [0.25, 0.3) is 0 Å². The molecule has 0 aliphatic heterocycles. The number of hydrogen-bond donors (Lipinski definition) is 2. The average Bonchev–Trinajstić information content (AvgIpc) is 2.66. The van der Waals surface area contributed by atoms with Crippen LogP contribution in [-0.2, 0) is 19.1 Å². The summed E-state index contributed by atoms with van der Waals surface area (Å²) in [5.74, 6) is -3.49. The van der Waals surface area contributed by atoms with Gasteiger partial charge in [-0.2, -0.15) is 0 Å². The van der Waals surface area contributed by atoms with E-state index >= 15 is 0 Å². The summed E-state index contributed by atoms with van der Waals surface area (Å²) in [6, 6.07) is 0. The van der Waals surface area contributed by atoms with Crippen molar-refractivity contribution < 1.29 is 29.3 Å². The number of aliphatic carboxylic acids is 2. The number of carbonyl (C=O) groups excluding carboxylic acids is 1. The highest BCUT2D eigenvalue weighted by molar-refractivity contribution is 5.98. The highest BCUT2D eigenvalue weighted by Crippen LogP contribution is 2.46. The van der Waals surface area contributed by atoms with Crippen LogP contribution in [0.5, 0.6) is 0 Å². The number of ether oxygens (including phenoxy) is 1. The van der Waals surface area contributed by atoms with Crippen molar-refractivity contribution in [3.63, 3.8) is 0 Å². The minimum atomic E-state index is -1.80. The summed E-state index contributed by atoms with van der Waals surface area (Å²) in [6.07, 6.45) is 7.29. The first kappa shape index (κ1) is 23.2. The number of rotatable bonds is 12. The molecular weight excluding hydrogens is 348 g/mol. The quantitative estimate of drug-likeness (QED) is 0.382. The summed E-state index contributed by atoms with van der Waals surface area (Å²) in [5.41, 5.74) is -2.22. The zero-order valence-electron chi connectivity index (χ0n) is 16.7. The Labute approximate surface area is 162 Å². The summed E-state index contributed by atoms with van der Waals surface area (Å²) < 4.78 is 5.38. The van der Waals surface area contributed by atoms with Gasteiger partial charge in [-0.3, -0.25) is 9.59 Å². The number of carboxylic acids is 2. The first-order valence-electron chi connectivity index (χ1n) is 10.1. The lowest BCUT2D eigenvalue weighted by Gasteiger charge is -2.38. The second kappa shape index (κ2) is 11.1. The standard InChI is InChI=1S/C21H34O6/c1-4-6-10-16(5-2)14-27-18(22)13-21(20(25)26,15(3)19(23)24)17-11-8-7-9-12-17/h16-17H,3-14H2,1-2H3,(H,23,24)(H,25,26). The third-order valence-corrected chi connectivity index (χ3v) is 5.93. The van der Waals surface area contributed by atoms with E-state index in [4.69, 9.17) is 4.74 Å². The fraction of sp³-hybridized carbons (Fsp3) is 0.762. The molecule has 0 saturated heterocycles. The van der Waals surface area contributed by atoms with E-state index in [1.54, 1.807) is 0 Å². The molecule has 154 valence electrons. The van der Waals surface area contributed by atoms with Crippen LogP contribution in [0.3, 0.4) is 0 Å². The van der Waals surface area contributed by atoms with Gasteiger partial charge in [0.1, 0.15) is 5.41 Å². The Balaban J connectivity index is 2.95. The summed E-state index contributed by atoms with van der Waals surface area (Å²) in [6.45, 7) is 7.92. The van der Waals surface area contributed by atoms with Crippen LogP contribution in [0.2, 0.25) is 0 Å². The molecule has 0 radical (unpaired) electrons. The van der Waals surface area contributed by atoms with E-state index in [1.165, 1.54) is 0 Å². The smallest absolute Gasteiger partial charge is 0.332 e. The highest BCUT2D eigenvalue weighted by atomic mass is 16.5. The van der Waals surface area contributed by atoms with E-state index in [0.29, 0.717) is 12.8 Å². The molecule has 0 heterocycles. The molecule has 1 aliphatic rings. The van der Waals surface area contributed by atoms with Gasteiger partial charge in [0, 0.05) is 5.57 Å². The molecule has 1 rings (SSSR count). The van der Waals surface area contributed by atoms with Crippen molar-refractivity contribution in [2.75, 3.05) is 6.61 Å². The molecule has 27 heavy (non-hydrogen) atoms. The lowest BCUT2D eigenvalue weighted by Crippen LogP contribution is -2.45. The Morgan fingerprint density at radius 2 is 1.78 bits per heavy atom. The SMILES string of the molecule is C=C(C(=O)O)C(CC(=O)OCC(CC)CCCC)(C(=O)O)C1CCCCC1. The number of unbranched alkanes of at least 4 members (excludes halogenated alkanes) is 1. The zero-order valence-corrected chi connectivity index (χ0v) is 16.7. The maximum Gasteiger partial charge on any atom is 0.332 e. The van der Waals surface area contributed by atoms with Crippen LogP contribution in [0.15, 0.2) is 12.2 Å². The van der Waals surface area contributed by atoms with Crippen LogP contribution in [0.1, 0.15) is 78.1 Å². The number of carbonyl (C=O) groups is 3. The van der Waals surface area contributed by atoms with Gasteiger partial charge in [-0.05, 0) is 31.1 Å². The lowest BCUT2D eigenvalue weighted by atomic mass is 9.63. The second-order valence-corrected chi connectivity index (χ2v) is 7.67. The average molecular weight is 382 g/mol. The van der Waals surface area contributed by atoms with E-state index in [2.05, 4.69) is 13.5 Å². The van der Waals surface area contributed by atoms with Gasteiger partial charge in [-0.25, -0.2) is 4.79 Å². The number of esters is 1. The molecule has 2 N–H and O–H groups in total. The van der Waals surface area contributed by atoms with E-state index in [-0.39, 0.29) is 12.5 Å². The van der Waals surface area contributed by atoms with Gasteiger partial charge in [-0.15, -0.1) is 0 Å². The summed E-state index contributed by atoms with van der Waals surface area (Å²) in [4.78, 5) is 36.3. The van der Waals surface area contributed by atoms with Crippen LogP contribution in [-0.4, -0.2) is 34.7 Å². The first-order valence-corrected chi connectivity index (χ1v) is 10.1. The van der Waals surface area contributed by atoms with Crippen LogP contribution >= 0.6 is 0 Å². The molecule has 0 aromatic carbocycles. The second-order valence-electron chi connectivity index (χ2n) is 7.67. The Bertz CT molecular complexity index is 535. The van der Waals surface area contributed by atoms with Crippen molar-refractivity contribution in [3.05, 3.63) is 12.2 Å². The Hall–Kier alpha value is -1.85. The predicted octanol–water partition coefficient (Wildman–Crippen LogP) is 4.43. The molecule has 0 spiro atoms. The summed E-state index contributed by atoms with van der Waals surface area (Å²) >= 11 is 0. The molecule has 6 heteroatoms. The molecule has 1 fully saturated rings. The van der Waals surface area contributed by atoms with Crippen LogP contribution < -0.4 is 0 Å². The first-order chi connectivity index (χ1) is 12.8. The van der Waals surface area contributed by atoms with Crippen molar-refractivity contribution in [2.45, 2.75) is 78.1 Å². The third-order valence-electron chi connectivity index (χ3n) is 5.93. The summed E-state index contributed by atoms with van der Waals surface area (Å²) in [7, 11) is 0. The van der Waals surface area contributed by atoms with E-state index < -0.39 is 41.2 Å². The van der Waals surface area contributed by atoms with Crippen LogP contribution in [0, 0.1) is 17.3 Å². The van der Waals surface area contributed by atoms with Crippen molar-refractivity contribution in [3.8, 4) is 0 Å². The summed E-state index contributed by atoms with van der Waals surface area (Å²) in [5, 5.41) is 19.4. The molecule has 1 aliphatic carbocycles. The molecular formula is C21H34O6. The number of carboxylic acid groups (broad SMARTS) is 2. The minimum absolute atomic E-state index is 0.241. The van der Waals surface area contributed by atoms with Crippen LogP contribution in [0.4, 0.5) is 0 Å². The fourth-order valence-corrected chi connectivity index (χ4v) is 4.05. The lowest BCUT2D eigenvalue weighted by molar-refractivity contribution is -0.162. The predicted molar refractivity (Wildman–Crippen MR) is 102 cm³/mol. The molecule has 0 amide bonds. The van der Waals surface area contributed by atoms with Crippen molar-refractivity contribution in [1.82, 2.24) is 0 Å². The van der Waals surface area contributed by atoms with E-state index in [9.17, 15) is 24.6 Å². The van der Waals surface area contributed by atoms with Crippen molar-refractivity contribution >= 4 is 17.9 Å². The maximum absolute atomic E-state index is 12.5. The normalized spacial score (nSPS) is 18.3. The van der Waals surface area contributed by atoms with Gasteiger partial charge in [-0.1, -0.05) is 59.0 Å². The van der Waals surface area contributed by atoms with E-state index in [0.717, 1.165) is 44.9 Å². The topological polar surface area (TPSA) is 101 Å². The molecule has 6 nitrogen and oxygen atoms in total. The van der Waals surface area contributed by atoms with Gasteiger partial charge < -0.3 is 14.9 Å². The van der Waals surface area contributed by atoms with Gasteiger partial charge in [0.15, 0.2) is 0 Å². The Morgan fingerprint density at radius 1 is 1.15 bits per heavy atom. The minimum Gasteiger partial charge on any atom is -0.481 e. The monoisotopic (exact) mass is 382 g/mol. The Kier molecular flexibility index (Phi) is 9.53. The van der Waals surface area contributed by atoms with Crippen molar-refractivity contribution in [2.24, 2.45) is 17.3 Å². The third kappa shape index (κ3) is 6.08. The molecule has 0 aromatic rings. The molecule has 2 atom stereocenters. The molecule has 0 aromatic heterocycles. The number of hydrogen-bond acceptors (Lipinski definition) is 4. The zero-order chi connectivity index (χ0) is 20.4. The van der Waals surface area contributed by atoms with Gasteiger partial charge >= 0.3 is 17.9 Å². The Morgan fingerprint density at radius 3 is 2.26 bits per heavy atom. The largest absolute Gasteiger partial charge is 0.481 e. The molecule has 1 saturated carbocycles. The van der Waals surface area contributed by atoms with Gasteiger partial charge in [0.2, 0.25) is 0 Å². The van der Waals surface area contributed by atoms with Gasteiger partial charge in [0.05, 0.1) is 13.0 Å². The van der Waals surface area contributed by atoms with E-state index in [1.807, 2.05) is 6.92 Å². The van der Waals surface area contributed by atoms with Crippen molar-refractivity contribution in [1.29, 1.82) is 0 Å². The fourth-order valence-electron chi connectivity index (χ4n) is 4.05. The molecule has 2 unspecified atom stereocenters. The molecule has 0 bridgehead atoms. The highest BCUT2D eigenvalue weighted by Gasteiger charge is 2.52. The maximum atomic E-state index is 12.5.